The van der Waals surface area contributed by atoms with Crippen LogP contribution in [0.3, 0.4) is 0 Å². The quantitative estimate of drug-likeness (QED) is 0.592. The molecule has 0 aliphatic heterocycles. The van der Waals surface area contributed by atoms with Gasteiger partial charge in [-0.25, -0.2) is 0 Å². The maximum absolute atomic E-state index is 11.2. The molecule has 0 aromatic carbocycles. The molecule has 0 aliphatic rings. The van der Waals surface area contributed by atoms with Crippen molar-refractivity contribution < 1.29 is 4.79 Å². The van der Waals surface area contributed by atoms with Crippen LogP contribution in [0.1, 0.15) is 33.6 Å². The van der Waals surface area contributed by atoms with Gasteiger partial charge in [0.05, 0.1) is 0 Å². The Hall–Kier alpha value is -0.240. The predicted octanol–water partition coefficient (Wildman–Crippen LogP) is 3.26. The summed E-state index contributed by atoms with van der Waals surface area (Å²) in [5.41, 5.74) is 0. The standard InChI is InChI=1S/C10H18OS/c1-8(2)10(11)6-5-7-12-9(3)4/h8H,3,5-7H2,1-2,4H3. The molecule has 0 fully saturated rings. The molecule has 12 heavy (non-hydrogen) atoms. The Labute approximate surface area is 79.6 Å². The Balaban J connectivity index is 3.32. The Bertz CT molecular complexity index is 161. The Kier molecular flexibility index (Phi) is 6.17. The average Bonchev–Trinajstić information content (AvgIpc) is 1.97. The zero-order valence-corrected chi connectivity index (χ0v) is 9.04. The molecule has 0 N–H and O–H groups in total. The lowest BCUT2D eigenvalue weighted by atomic mass is 10.1. The third-order valence-corrected chi connectivity index (χ3v) is 2.55. The molecule has 0 aromatic heterocycles. The Morgan fingerprint density at radius 3 is 2.50 bits per heavy atom. The van der Waals surface area contributed by atoms with Crippen LogP contribution in [0, 0.1) is 5.92 Å². The third-order valence-electron chi connectivity index (χ3n) is 1.56. The van der Waals surface area contributed by atoms with Gasteiger partial charge in [-0.05, 0) is 24.0 Å². The van der Waals surface area contributed by atoms with Gasteiger partial charge in [-0.2, -0.15) is 0 Å². The number of thioether (sulfide) groups is 1. The van der Waals surface area contributed by atoms with E-state index in [4.69, 9.17) is 0 Å². The number of hydrogen-bond donors (Lipinski definition) is 0. The van der Waals surface area contributed by atoms with E-state index < -0.39 is 0 Å². The van der Waals surface area contributed by atoms with Crippen LogP contribution in [0.25, 0.3) is 0 Å². The first-order valence-corrected chi connectivity index (χ1v) is 5.33. The third kappa shape index (κ3) is 6.47. The van der Waals surface area contributed by atoms with Crippen LogP contribution in [-0.2, 0) is 4.79 Å². The molecule has 0 aromatic rings. The van der Waals surface area contributed by atoms with Gasteiger partial charge in [0, 0.05) is 12.3 Å². The lowest BCUT2D eigenvalue weighted by Crippen LogP contribution is -2.06. The van der Waals surface area contributed by atoms with Crippen molar-refractivity contribution in [3.63, 3.8) is 0 Å². The molecule has 1 nitrogen and oxygen atoms in total. The molecule has 2 heteroatoms. The fraction of sp³-hybridized carbons (Fsp3) is 0.700. The van der Waals surface area contributed by atoms with Crippen LogP contribution < -0.4 is 0 Å². The minimum atomic E-state index is 0.194. The molecule has 0 heterocycles. The van der Waals surface area contributed by atoms with Crippen molar-refractivity contribution in [2.45, 2.75) is 33.6 Å². The van der Waals surface area contributed by atoms with Crippen LogP contribution in [0.5, 0.6) is 0 Å². The second kappa shape index (κ2) is 6.30. The molecule has 0 bridgehead atoms. The van der Waals surface area contributed by atoms with Crippen LogP contribution in [0.2, 0.25) is 0 Å². The van der Waals surface area contributed by atoms with Crippen LogP contribution >= 0.6 is 11.8 Å². The lowest BCUT2D eigenvalue weighted by molar-refractivity contribution is -0.121. The maximum atomic E-state index is 11.2. The average molecular weight is 186 g/mol. The van der Waals surface area contributed by atoms with Gasteiger partial charge < -0.3 is 0 Å². The van der Waals surface area contributed by atoms with E-state index in [1.54, 1.807) is 11.8 Å². The van der Waals surface area contributed by atoms with Crippen molar-refractivity contribution in [3.8, 4) is 0 Å². The summed E-state index contributed by atoms with van der Waals surface area (Å²) in [4.78, 5) is 12.3. The summed E-state index contributed by atoms with van der Waals surface area (Å²) < 4.78 is 0. The van der Waals surface area contributed by atoms with Crippen molar-refractivity contribution in [2.75, 3.05) is 5.75 Å². The molecule has 0 saturated carbocycles. The molecule has 0 spiro atoms. The van der Waals surface area contributed by atoms with Gasteiger partial charge in [-0.15, -0.1) is 11.8 Å². The highest BCUT2D eigenvalue weighted by Gasteiger charge is 2.05. The molecular formula is C10H18OS. The fourth-order valence-electron chi connectivity index (χ4n) is 0.781. The zero-order valence-electron chi connectivity index (χ0n) is 8.22. The highest BCUT2D eigenvalue weighted by molar-refractivity contribution is 8.03. The molecular weight excluding hydrogens is 168 g/mol. The molecule has 0 amide bonds. The maximum Gasteiger partial charge on any atom is 0.135 e. The summed E-state index contributed by atoms with van der Waals surface area (Å²) in [5, 5.41) is 0. The highest BCUT2D eigenvalue weighted by atomic mass is 32.2. The first-order chi connectivity index (χ1) is 5.54. The molecule has 0 unspecified atom stereocenters. The fourth-order valence-corrected chi connectivity index (χ4v) is 1.42. The second-order valence-electron chi connectivity index (χ2n) is 3.28. The van der Waals surface area contributed by atoms with E-state index in [-0.39, 0.29) is 5.92 Å². The smallest absolute Gasteiger partial charge is 0.135 e. The summed E-state index contributed by atoms with van der Waals surface area (Å²) >= 11 is 1.74. The van der Waals surface area contributed by atoms with E-state index in [1.807, 2.05) is 20.8 Å². The largest absolute Gasteiger partial charge is 0.299 e. The van der Waals surface area contributed by atoms with Crippen molar-refractivity contribution in [1.82, 2.24) is 0 Å². The zero-order chi connectivity index (χ0) is 9.56. The van der Waals surface area contributed by atoms with Gasteiger partial charge in [0.2, 0.25) is 0 Å². The van der Waals surface area contributed by atoms with E-state index in [2.05, 4.69) is 6.58 Å². The van der Waals surface area contributed by atoms with Crippen LogP contribution in [-0.4, -0.2) is 11.5 Å². The van der Waals surface area contributed by atoms with Gasteiger partial charge in [-0.3, -0.25) is 4.79 Å². The number of allylic oxidation sites excluding steroid dienone is 1. The van der Waals surface area contributed by atoms with Crippen molar-refractivity contribution in [1.29, 1.82) is 0 Å². The van der Waals surface area contributed by atoms with Crippen molar-refractivity contribution in [3.05, 3.63) is 11.5 Å². The predicted molar refractivity (Wildman–Crippen MR) is 56.4 cm³/mol. The summed E-state index contributed by atoms with van der Waals surface area (Å²) in [6, 6.07) is 0. The summed E-state index contributed by atoms with van der Waals surface area (Å²) in [7, 11) is 0. The van der Waals surface area contributed by atoms with Gasteiger partial charge >= 0.3 is 0 Å². The molecule has 0 rings (SSSR count). The highest BCUT2D eigenvalue weighted by Crippen LogP contribution is 2.14. The molecule has 0 radical (unpaired) electrons. The number of hydrogen-bond acceptors (Lipinski definition) is 2. The van der Waals surface area contributed by atoms with Crippen molar-refractivity contribution >= 4 is 17.5 Å². The number of ketones is 1. The van der Waals surface area contributed by atoms with E-state index in [9.17, 15) is 4.79 Å². The van der Waals surface area contributed by atoms with Gasteiger partial charge in [0.25, 0.3) is 0 Å². The number of carbonyl (C=O) groups excluding carboxylic acids is 1. The van der Waals surface area contributed by atoms with Gasteiger partial charge in [-0.1, -0.05) is 20.4 Å². The van der Waals surface area contributed by atoms with Crippen LogP contribution in [0.15, 0.2) is 11.5 Å². The summed E-state index contributed by atoms with van der Waals surface area (Å²) in [6.07, 6.45) is 1.70. The lowest BCUT2D eigenvalue weighted by Gasteiger charge is -2.03. The molecule has 70 valence electrons. The normalized spacial score (nSPS) is 10.3. The molecule has 0 aliphatic carbocycles. The molecule has 0 atom stereocenters. The van der Waals surface area contributed by atoms with Gasteiger partial charge in [0.1, 0.15) is 5.78 Å². The minimum absolute atomic E-state index is 0.194. The topological polar surface area (TPSA) is 17.1 Å². The SMILES string of the molecule is C=C(C)SCCCC(=O)C(C)C. The Morgan fingerprint density at radius 2 is 2.08 bits per heavy atom. The van der Waals surface area contributed by atoms with E-state index >= 15 is 0 Å². The van der Waals surface area contributed by atoms with Crippen molar-refractivity contribution in [2.24, 2.45) is 5.92 Å². The summed E-state index contributed by atoms with van der Waals surface area (Å²) in [5.74, 6) is 1.59. The Morgan fingerprint density at radius 1 is 1.50 bits per heavy atom. The summed E-state index contributed by atoms with van der Waals surface area (Å²) in [6.45, 7) is 9.69. The van der Waals surface area contributed by atoms with Crippen LogP contribution in [0.4, 0.5) is 0 Å². The van der Waals surface area contributed by atoms with E-state index in [1.165, 1.54) is 0 Å². The van der Waals surface area contributed by atoms with E-state index in [0.29, 0.717) is 5.78 Å². The van der Waals surface area contributed by atoms with Gasteiger partial charge in [0.15, 0.2) is 0 Å². The second-order valence-corrected chi connectivity index (χ2v) is 4.67. The first kappa shape index (κ1) is 11.8. The number of carbonyl (C=O) groups is 1. The molecule has 0 saturated heterocycles. The number of Topliss-reactive ketones (excluding diaryl/α,β-unsaturated/α-hetero) is 1. The first-order valence-electron chi connectivity index (χ1n) is 4.35. The monoisotopic (exact) mass is 186 g/mol. The minimum Gasteiger partial charge on any atom is -0.299 e. The number of rotatable bonds is 6. The van der Waals surface area contributed by atoms with E-state index in [0.717, 1.165) is 23.5 Å².